The lowest BCUT2D eigenvalue weighted by Gasteiger charge is -2.10. The number of sulfone groups is 1. The zero-order valence-electron chi connectivity index (χ0n) is 17.4. The first-order valence-corrected chi connectivity index (χ1v) is 11.3. The fourth-order valence-electron chi connectivity index (χ4n) is 3.11. The molecule has 0 aliphatic heterocycles. The van der Waals surface area contributed by atoms with E-state index in [0.29, 0.717) is 16.9 Å². The molecule has 4 aromatic rings. The van der Waals surface area contributed by atoms with Crippen molar-refractivity contribution in [1.82, 2.24) is 19.7 Å². The summed E-state index contributed by atoms with van der Waals surface area (Å²) in [5.41, 5.74) is 1.05. The standard InChI is InChI=1S/C22H17F3N4O4S/c23-22(24,25)33-14-16-2-1-3-19(10-16)34(31,32)18-6-4-15(5-7-18)11-27-20(30)17-12-28-21-26-8-9-29(21)13-17/h1-10,12-13H,11,14H2,(H,27,30). The summed E-state index contributed by atoms with van der Waals surface area (Å²) in [6, 6.07) is 11.0. The van der Waals surface area contributed by atoms with Gasteiger partial charge in [-0.05, 0) is 35.4 Å². The van der Waals surface area contributed by atoms with Crippen molar-refractivity contribution in [2.75, 3.05) is 0 Å². The van der Waals surface area contributed by atoms with Crippen molar-refractivity contribution in [1.29, 1.82) is 0 Å². The highest BCUT2D eigenvalue weighted by Crippen LogP contribution is 2.24. The third-order valence-corrected chi connectivity index (χ3v) is 6.57. The van der Waals surface area contributed by atoms with Crippen molar-refractivity contribution in [3.63, 3.8) is 0 Å². The molecule has 0 atom stereocenters. The van der Waals surface area contributed by atoms with Gasteiger partial charge in [0, 0.05) is 31.3 Å². The molecule has 4 rings (SSSR count). The number of nitrogens with one attached hydrogen (secondary N) is 1. The van der Waals surface area contributed by atoms with Crippen LogP contribution in [0.15, 0.2) is 83.1 Å². The van der Waals surface area contributed by atoms with Crippen molar-refractivity contribution in [2.45, 2.75) is 29.3 Å². The van der Waals surface area contributed by atoms with Crippen LogP contribution in [0.5, 0.6) is 0 Å². The first-order chi connectivity index (χ1) is 16.1. The average Bonchev–Trinajstić information content (AvgIpc) is 3.29. The topological polar surface area (TPSA) is 103 Å². The molecule has 0 spiro atoms. The van der Waals surface area contributed by atoms with Crippen molar-refractivity contribution in [2.24, 2.45) is 0 Å². The Morgan fingerprint density at radius 2 is 1.79 bits per heavy atom. The van der Waals surface area contributed by atoms with E-state index >= 15 is 0 Å². The first-order valence-electron chi connectivity index (χ1n) is 9.82. The minimum absolute atomic E-state index is 0.0359. The van der Waals surface area contributed by atoms with E-state index in [1.165, 1.54) is 36.5 Å². The van der Waals surface area contributed by atoms with E-state index in [4.69, 9.17) is 0 Å². The second-order valence-corrected chi connectivity index (χ2v) is 9.14. The molecule has 12 heteroatoms. The number of carbonyl (C=O) groups is 1. The van der Waals surface area contributed by atoms with E-state index in [9.17, 15) is 26.4 Å². The number of nitrogens with zero attached hydrogens (tertiary/aromatic N) is 3. The molecule has 1 amide bonds. The molecule has 0 aliphatic carbocycles. The van der Waals surface area contributed by atoms with Gasteiger partial charge in [0.2, 0.25) is 15.6 Å². The van der Waals surface area contributed by atoms with Crippen LogP contribution in [-0.4, -0.2) is 35.1 Å². The predicted molar refractivity (Wildman–Crippen MR) is 113 cm³/mol. The number of amides is 1. The van der Waals surface area contributed by atoms with Crippen LogP contribution in [-0.2, 0) is 27.7 Å². The number of fused-ring (bicyclic) bond motifs is 1. The lowest BCUT2D eigenvalue weighted by atomic mass is 10.2. The van der Waals surface area contributed by atoms with Gasteiger partial charge in [-0.3, -0.25) is 13.9 Å². The third-order valence-electron chi connectivity index (χ3n) is 4.81. The molecule has 0 fully saturated rings. The largest absolute Gasteiger partial charge is 0.522 e. The van der Waals surface area contributed by atoms with Crippen LogP contribution in [0.1, 0.15) is 21.5 Å². The quantitative estimate of drug-likeness (QED) is 0.425. The number of ether oxygens (including phenoxy) is 1. The zero-order valence-corrected chi connectivity index (χ0v) is 18.2. The average molecular weight is 490 g/mol. The summed E-state index contributed by atoms with van der Waals surface area (Å²) < 4.78 is 67.9. The fourth-order valence-corrected chi connectivity index (χ4v) is 4.44. The monoisotopic (exact) mass is 490 g/mol. The Kier molecular flexibility index (Phi) is 6.35. The molecular weight excluding hydrogens is 473 g/mol. The number of alkyl halides is 3. The van der Waals surface area contributed by atoms with Gasteiger partial charge in [-0.1, -0.05) is 24.3 Å². The van der Waals surface area contributed by atoms with Gasteiger partial charge in [-0.25, -0.2) is 18.4 Å². The normalized spacial score (nSPS) is 12.1. The maximum atomic E-state index is 12.9. The van der Waals surface area contributed by atoms with E-state index in [2.05, 4.69) is 20.0 Å². The van der Waals surface area contributed by atoms with Gasteiger partial charge in [0.1, 0.15) is 0 Å². The van der Waals surface area contributed by atoms with Crippen LogP contribution >= 0.6 is 0 Å². The molecule has 0 saturated carbocycles. The number of hydrogen-bond donors (Lipinski definition) is 1. The van der Waals surface area contributed by atoms with Crippen LogP contribution in [0.3, 0.4) is 0 Å². The third kappa shape index (κ3) is 5.41. The number of carbonyl (C=O) groups excluding carboxylic acids is 1. The van der Waals surface area contributed by atoms with E-state index in [0.717, 1.165) is 6.07 Å². The summed E-state index contributed by atoms with van der Waals surface area (Å²) >= 11 is 0. The Morgan fingerprint density at radius 3 is 2.53 bits per heavy atom. The van der Waals surface area contributed by atoms with Crippen LogP contribution in [0.2, 0.25) is 0 Å². The Labute approximate surface area is 192 Å². The molecule has 2 aromatic carbocycles. The summed E-state index contributed by atoms with van der Waals surface area (Å²) in [6.45, 7) is -0.653. The molecule has 1 N–H and O–H groups in total. The first kappa shape index (κ1) is 23.4. The van der Waals surface area contributed by atoms with Gasteiger partial charge in [-0.15, -0.1) is 13.2 Å². The molecular formula is C22H17F3N4O4S. The number of rotatable bonds is 7. The van der Waals surface area contributed by atoms with Crippen molar-refractivity contribution < 1.29 is 31.1 Å². The maximum absolute atomic E-state index is 12.9. The molecule has 0 bridgehead atoms. The van der Waals surface area contributed by atoms with Crippen molar-refractivity contribution in [3.8, 4) is 0 Å². The van der Waals surface area contributed by atoms with Gasteiger partial charge >= 0.3 is 6.36 Å². The summed E-state index contributed by atoms with van der Waals surface area (Å²) in [5, 5.41) is 2.73. The summed E-state index contributed by atoms with van der Waals surface area (Å²) in [4.78, 5) is 20.3. The predicted octanol–water partition coefficient (Wildman–Crippen LogP) is 3.53. The molecule has 176 valence electrons. The molecule has 0 aliphatic rings. The highest BCUT2D eigenvalue weighted by molar-refractivity contribution is 7.91. The van der Waals surface area contributed by atoms with Crippen molar-refractivity contribution in [3.05, 3.63) is 90.0 Å². The van der Waals surface area contributed by atoms with Crippen LogP contribution < -0.4 is 5.32 Å². The van der Waals surface area contributed by atoms with Crippen LogP contribution in [0.25, 0.3) is 5.78 Å². The lowest BCUT2D eigenvalue weighted by Crippen LogP contribution is -2.23. The van der Waals surface area contributed by atoms with E-state index in [1.54, 1.807) is 35.1 Å². The highest BCUT2D eigenvalue weighted by Gasteiger charge is 2.29. The van der Waals surface area contributed by atoms with Crippen LogP contribution in [0.4, 0.5) is 13.2 Å². The Hall–Kier alpha value is -3.77. The molecule has 8 nitrogen and oxygen atoms in total. The second-order valence-electron chi connectivity index (χ2n) is 7.19. The number of imidazole rings is 1. The van der Waals surface area contributed by atoms with E-state index in [1.807, 2.05) is 0 Å². The summed E-state index contributed by atoms with van der Waals surface area (Å²) in [6.07, 6.45) is 1.40. The van der Waals surface area contributed by atoms with E-state index in [-0.39, 0.29) is 27.8 Å². The summed E-state index contributed by atoms with van der Waals surface area (Å²) in [5.74, 6) is 0.101. The Balaban J connectivity index is 1.42. The molecule has 0 saturated heterocycles. The lowest BCUT2D eigenvalue weighted by molar-refractivity contribution is -0.330. The SMILES string of the molecule is O=C(NCc1ccc(S(=O)(=O)c2cccc(COC(F)(F)F)c2)cc1)c1cnc2nccn2c1. The minimum Gasteiger partial charge on any atom is -0.348 e. The number of aromatic nitrogens is 3. The number of halogens is 3. The Bertz CT molecular complexity index is 1430. The molecule has 2 aromatic heterocycles. The van der Waals surface area contributed by atoms with Gasteiger partial charge in [0.25, 0.3) is 5.91 Å². The summed E-state index contributed by atoms with van der Waals surface area (Å²) in [7, 11) is -3.96. The molecule has 34 heavy (non-hydrogen) atoms. The van der Waals surface area contributed by atoms with Gasteiger partial charge < -0.3 is 5.32 Å². The maximum Gasteiger partial charge on any atom is 0.522 e. The second kappa shape index (κ2) is 9.23. The smallest absolute Gasteiger partial charge is 0.348 e. The molecule has 0 radical (unpaired) electrons. The molecule has 2 heterocycles. The van der Waals surface area contributed by atoms with E-state index < -0.39 is 22.8 Å². The highest BCUT2D eigenvalue weighted by atomic mass is 32.2. The molecule has 0 unspecified atom stereocenters. The van der Waals surface area contributed by atoms with Crippen molar-refractivity contribution >= 4 is 21.5 Å². The van der Waals surface area contributed by atoms with Gasteiger partial charge in [-0.2, -0.15) is 0 Å². The number of benzene rings is 2. The minimum atomic E-state index is -4.82. The van der Waals surface area contributed by atoms with Crippen LogP contribution in [0, 0.1) is 0 Å². The number of hydrogen-bond acceptors (Lipinski definition) is 6. The van der Waals surface area contributed by atoms with Gasteiger partial charge in [0.15, 0.2) is 0 Å². The van der Waals surface area contributed by atoms with Gasteiger partial charge in [0.05, 0.1) is 22.0 Å². The Morgan fingerprint density at radius 1 is 1.03 bits per heavy atom. The fraction of sp³-hybridized carbons (Fsp3) is 0.136. The zero-order chi connectivity index (χ0) is 24.3.